The maximum Gasteiger partial charge on any atom is 0.137 e. The van der Waals surface area contributed by atoms with E-state index in [4.69, 9.17) is 0 Å². The molecule has 1 aromatic rings. The molecule has 0 aliphatic carbocycles. The van der Waals surface area contributed by atoms with Crippen molar-refractivity contribution in [3.63, 3.8) is 0 Å². The van der Waals surface area contributed by atoms with Gasteiger partial charge in [-0.15, -0.1) is 0 Å². The Kier molecular flexibility index (Phi) is 5.04. The number of alkyl halides is 1. The zero-order valence-corrected chi connectivity index (χ0v) is 9.28. The van der Waals surface area contributed by atoms with Gasteiger partial charge in [-0.25, -0.2) is 4.39 Å². The molecular weight excluding hydrogens is 252 g/mol. The molecule has 4 heteroatoms. The summed E-state index contributed by atoms with van der Waals surface area (Å²) in [5.41, 5.74) is 0.865. The largest absolute Gasteiger partial charge is 0.313 e. The van der Waals surface area contributed by atoms with Gasteiger partial charge in [-0.3, -0.25) is 4.39 Å². The molecule has 0 heterocycles. The fraction of sp³-hybridized carbons (Fsp3) is 0.400. The highest BCUT2D eigenvalue weighted by Crippen LogP contribution is 2.16. The van der Waals surface area contributed by atoms with Gasteiger partial charge in [0.15, 0.2) is 0 Å². The first kappa shape index (κ1) is 11.6. The third-order valence-electron chi connectivity index (χ3n) is 1.80. The summed E-state index contributed by atoms with van der Waals surface area (Å²) in [5, 5.41) is 3.03. The summed E-state index contributed by atoms with van der Waals surface area (Å²) in [5.74, 6) is -0.269. The van der Waals surface area contributed by atoms with Gasteiger partial charge in [-0.1, -0.05) is 6.07 Å². The minimum Gasteiger partial charge on any atom is -0.313 e. The summed E-state index contributed by atoms with van der Waals surface area (Å²) >= 11 is 3.08. The van der Waals surface area contributed by atoms with E-state index >= 15 is 0 Å². The molecule has 0 fully saturated rings. The highest BCUT2D eigenvalue weighted by atomic mass is 79.9. The fourth-order valence-corrected chi connectivity index (χ4v) is 1.32. The first-order valence-electron chi connectivity index (χ1n) is 4.44. The topological polar surface area (TPSA) is 12.0 Å². The van der Waals surface area contributed by atoms with Crippen LogP contribution in [-0.4, -0.2) is 13.2 Å². The van der Waals surface area contributed by atoms with Gasteiger partial charge in [0.1, 0.15) is 5.82 Å². The summed E-state index contributed by atoms with van der Waals surface area (Å²) in [4.78, 5) is 0. The van der Waals surface area contributed by atoms with Crippen LogP contribution < -0.4 is 5.32 Å². The average molecular weight is 264 g/mol. The lowest BCUT2D eigenvalue weighted by Gasteiger charge is -2.04. The summed E-state index contributed by atoms with van der Waals surface area (Å²) < 4.78 is 25.2. The lowest BCUT2D eigenvalue weighted by molar-refractivity contribution is 0.459. The molecule has 0 saturated carbocycles. The summed E-state index contributed by atoms with van der Waals surface area (Å²) in [7, 11) is 0. The van der Waals surface area contributed by atoms with Gasteiger partial charge in [-0.2, -0.15) is 0 Å². The Hall–Kier alpha value is -0.480. The van der Waals surface area contributed by atoms with E-state index < -0.39 is 0 Å². The van der Waals surface area contributed by atoms with Gasteiger partial charge in [-0.05, 0) is 46.6 Å². The minimum atomic E-state index is -0.318. The Morgan fingerprint density at radius 2 is 2.14 bits per heavy atom. The number of rotatable bonds is 5. The van der Waals surface area contributed by atoms with E-state index in [1.165, 1.54) is 6.07 Å². The van der Waals surface area contributed by atoms with E-state index in [-0.39, 0.29) is 12.5 Å². The van der Waals surface area contributed by atoms with Crippen LogP contribution in [0.5, 0.6) is 0 Å². The van der Waals surface area contributed by atoms with Crippen LogP contribution in [0.4, 0.5) is 8.78 Å². The Labute approximate surface area is 90.6 Å². The smallest absolute Gasteiger partial charge is 0.137 e. The van der Waals surface area contributed by atoms with E-state index in [1.54, 1.807) is 6.07 Å². The molecule has 1 N–H and O–H groups in total. The first-order chi connectivity index (χ1) is 6.74. The lowest BCUT2D eigenvalue weighted by Crippen LogP contribution is -2.15. The predicted octanol–water partition coefficient (Wildman–Crippen LogP) is 3.04. The van der Waals surface area contributed by atoms with E-state index in [0.717, 1.165) is 5.56 Å². The van der Waals surface area contributed by atoms with E-state index in [2.05, 4.69) is 21.2 Å². The quantitative estimate of drug-likeness (QED) is 0.806. The molecule has 0 radical (unpaired) electrons. The summed E-state index contributed by atoms with van der Waals surface area (Å²) in [6.45, 7) is 0.875. The van der Waals surface area contributed by atoms with Crippen LogP contribution in [0.3, 0.4) is 0 Å². The zero-order valence-electron chi connectivity index (χ0n) is 7.69. The number of halogens is 3. The molecule has 0 unspecified atom stereocenters. The van der Waals surface area contributed by atoms with Gasteiger partial charge in [0.25, 0.3) is 0 Å². The summed E-state index contributed by atoms with van der Waals surface area (Å²) in [6.07, 6.45) is 0.499. The number of nitrogens with one attached hydrogen (secondary N) is 1. The van der Waals surface area contributed by atoms with Crippen LogP contribution in [0, 0.1) is 5.82 Å². The Morgan fingerprint density at radius 3 is 2.79 bits per heavy atom. The molecule has 0 spiro atoms. The van der Waals surface area contributed by atoms with Crippen molar-refractivity contribution < 1.29 is 8.78 Å². The van der Waals surface area contributed by atoms with Crippen LogP contribution in [0.25, 0.3) is 0 Å². The van der Waals surface area contributed by atoms with Crippen LogP contribution in [0.1, 0.15) is 12.0 Å². The molecule has 0 aliphatic heterocycles. The van der Waals surface area contributed by atoms with Gasteiger partial charge < -0.3 is 5.32 Å². The monoisotopic (exact) mass is 263 g/mol. The normalized spacial score (nSPS) is 10.5. The Morgan fingerprint density at radius 1 is 1.36 bits per heavy atom. The molecule has 78 valence electrons. The Bertz CT molecular complexity index is 291. The highest BCUT2D eigenvalue weighted by molar-refractivity contribution is 9.10. The molecule has 14 heavy (non-hydrogen) atoms. The lowest BCUT2D eigenvalue weighted by atomic mass is 10.2. The zero-order chi connectivity index (χ0) is 10.4. The molecule has 0 amide bonds. The number of hydrogen-bond acceptors (Lipinski definition) is 1. The fourth-order valence-electron chi connectivity index (χ4n) is 1.07. The molecule has 0 aromatic heterocycles. The van der Waals surface area contributed by atoms with E-state index in [9.17, 15) is 8.78 Å². The third-order valence-corrected chi connectivity index (χ3v) is 2.44. The van der Waals surface area contributed by atoms with Gasteiger partial charge in [0.2, 0.25) is 0 Å². The van der Waals surface area contributed by atoms with Crippen molar-refractivity contribution in [2.24, 2.45) is 0 Å². The Balaban J connectivity index is 2.39. The van der Waals surface area contributed by atoms with Gasteiger partial charge >= 0.3 is 0 Å². The van der Waals surface area contributed by atoms with Crippen molar-refractivity contribution in [2.45, 2.75) is 13.0 Å². The van der Waals surface area contributed by atoms with Gasteiger partial charge in [0, 0.05) is 6.54 Å². The molecule has 0 bridgehead atoms. The standard InChI is InChI=1S/C10H12BrF2N/c11-9-3-2-8(6-10(9)13)7-14-5-1-4-12/h2-3,6,14H,1,4-5,7H2. The molecule has 0 aliphatic rings. The molecule has 0 atom stereocenters. The van der Waals surface area contributed by atoms with E-state index in [1.807, 2.05) is 6.07 Å². The van der Waals surface area contributed by atoms with Crippen LogP contribution in [-0.2, 0) is 6.54 Å². The van der Waals surface area contributed by atoms with Crippen molar-refractivity contribution in [1.29, 1.82) is 0 Å². The minimum absolute atomic E-state index is 0.269. The van der Waals surface area contributed by atoms with Crippen molar-refractivity contribution in [3.8, 4) is 0 Å². The van der Waals surface area contributed by atoms with Crippen molar-refractivity contribution in [1.82, 2.24) is 5.32 Å². The second kappa shape index (κ2) is 6.09. The second-order valence-electron chi connectivity index (χ2n) is 2.97. The number of benzene rings is 1. The van der Waals surface area contributed by atoms with Crippen LogP contribution >= 0.6 is 15.9 Å². The molecular formula is C10H12BrF2N. The molecule has 1 aromatic carbocycles. The van der Waals surface area contributed by atoms with Crippen molar-refractivity contribution >= 4 is 15.9 Å². The molecule has 0 saturated heterocycles. The van der Waals surface area contributed by atoms with Gasteiger partial charge in [0.05, 0.1) is 11.1 Å². The predicted molar refractivity (Wildman–Crippen MR) is 56.4 cm³/mol. The van der Waals surface area contributed by atoms with Crippen molar-refractivity contribution in [2.75, 3.05) is 13.2 Å². The van der Waals surface area contributed by atoms with Crippen LogP contribution in [0.15, 0.2) is 22.7 Å². The van der Waals surface area contributed by atoms with Crippen molar-refractivity contribution in [3.05, 3.63) is 34.1 Å². The SMILES string of the molecule is FCCCNCc1ccc(Br)c(F)c1. The van der Waals surface area contributed by atoms with Crippen LogP contribution in [0.2, 0.25) is 0 Å². The maximum atomic E-state index is 13.0. The second-order valence-corrected chi connectivity index (χ2v) is 3.82. The third kappa shape index (κ3) is 3.72. The molecule has 1 nitrogen and oxygen atoms in total. The molecule has 1 rings (SSSR count). The van der Waals surface area contributed by atoms with E-state index in [0.29, 0.717) is 24.0 Å². The average Bonchev–Trinajstić information content (AvgIpc) is 2.18. The number of hydrogen-bond donors (Lipinski definition) is 1. The highest BCUT2D eigenvalue weighted by Gasteiger charge is 1.99. The first-order valence-corrected chi connectivity index (χ1v) is 5.24. The maximum absolute atomic E-state index is 13.0. The summed E-state index contributed by atoms with van der Waals surface area (Å²) in [6, 6.07) is 4.96.